The second-order valence-electron chi connectivity index (χ2n) is 3.16. The number of rotatable bonds is 5. The highest BCUT2D eigenvalue weighted by Gasteiger charge is 2.08. The molecule has 0 aliphatic rings. The quantitative estimate of drug-likeness (QED) is 0.743. The molecule has 0 aliphatic heterocycles. The lowest BCUT2D eigenvalue weighted by molar-refractivity contribution is -0.210. The minimum absolute atomic E-state index is 0.674. The summed E-state index contributed by atoms with van der Waals surface area (Å²) in [6.45, 7) is 6.19. The van der Waals surface area contributed by atoms with Gasteiger partial charge in [-0.15, -0.1) is 0 Å². The van der Waals surface area contributed by atoms with E-state index >= 15 is 0 Å². The first-order valence-corrected chi connectivity index (χ1v) is 5.10. The molecule has 0 fully saturated rings. The van der Waals surface area contributed by atoms with Crippen molar-refractivity contribution in [2.75, 3.05) is 25.1 Å². The number of nitrogens with two attached hydrogens (primary N) is 1. The van der Waals surface area contributed by atoms with Gasteiger partial charge in [-0.3, -0.25) is 0 Å². The zero-order valence-corrected chi connectivity index (χ0v) is 9.53. The largest absolute Gasteiger partial charge is 0.494 e. The topological polar surface area (TPSA) is 50.4 Å². The van der Waals surface area contributed by atoms with Gasteiger partial charge < -0.3 is 9.64 Å². The van der Waals surface area contributed by atoms with Gasteiger partial charge in [-0.25, -0.2) is 0 Å². The normalized spacial score (nSPS) is 9.80. The van der Waals surface area contributed by atoms with Gasteiger partial charge in [0.15, 0.2) is 11.4 Å². The summed E-state index contributed by atoms with van der Waals surface area (Å²) < 4.78 is 5.22. The minimum Gasteiger partial charge on any atom is -0.494 e. The van der Waals surface area contributed by atoms with Crippen molar-refractivity contribution in [2.24, 2.45) is 5.11 Å². The number of nitrogens with zero attached hydrogens (tertiary/aromatic N) is 2. The van der Waals surface area contributed by atoms with E-state index in [0.29, 0.717) is 11.4 Å². The number of anilines is 1. The SMILES string of the molecule is CCN(CC)c1ccc(N=[NH2+])c(OC)c1. The Morgan fingerprint density at radius 2 is 2.00 bits per heavy atom. The van der Waals surface area contributed by atoms with Gasteiger partial charge in [0.05, 0.1) is 7.11 Å². The Bertz CT molecular complexity index is 335. The van der Waals surface area contributed by atoms with Crippen molar-refractivity contribution in [3.63, 3.8) is 0 Å². The lowest BCUT2D eigenvalue weighted by atomic mass is 10.2. The maximum atomic E-state index is 5.25. The van der Waals surface area contributed by atoms with E-state index in [-0.39, 0.29) is 0 Å². The second-order valence-corrected chi connectivity index (χ2v) is 3.16. The summed E-state index contributed by atoms with van der Waals surface area (Å²) in [7, 11) is 1.62. The van der Waals surface area contributed by atoms with Gasteiger partial charge in [0, 0.05) is 24.8 Å². The molecule has 82 valence electrons. The van der Waals surface area contributed by atoms with Crippen LogP contribution in [0.5, 0.6) is 5.75 Å². The predicted molar refractivity (Wildman–Crippen MR) is 60.6 cm³/mol. The van der Waals surface area contributed by atoms with Crippen LogP contribution in [-0.2, 0) is 0 Å². The van der Waals surface area contributed by atoms with E-state index in [1.807, 2.05) is 18.2 Å². The van der Waals surface area contributed by atoms with Crippen LogP contribution in [0.25, 0.3) is 0 Å². The molecule has 0 radical (unpaired) electrons. The molecule has 0 heterocycles. The molecule has 4 heteroatoms. The third-order valence-corrected chi connectivity index (χ3v) is 2.43. The molecule has 0 aliphatic carbocycles. The predicted octanol–water partition coefficient (Wildman–Crippen LogP) is 1.38. The second kappa shape index (κ2) is 5.34. The van der Waals surface area contributed by atoms with E-state index in [0.717, 1.165) is 18.8 Å². The Morgan fingerprint density at radius 1 is 1.33 bits per heavy atom. The van der Waals surface area contributed by atoms with Crippen molar-refractivity contribution in [1.82, 2.24) is 0 Å². The molecule has 0 amide bonds. The zero-order valence-electron chi connectivity index (χ0n) is 9.53. The third-order valence-electron chi connectivity index (χ3n) is 2.43. The van der Waals surface area contributed by atoms with Crippen LogP contribution in [0.15, 0.2) is 23.3 Å². The average molecular weight is 208 g/mol. The molecule has 0 atom stereocenters. The smallest absolute Gasteiger partial charge is 0.171 e. The Kier molecular flexibility index (Phi) is 4.09. The monoisotopic (exact) mass is 208 g/mol. The Hall–Kier alpha value is -1.58. The van der Waals surface area contributed by atoms with E-state index < -0.39 is 0 Å². The van der Waals surface area contributed by atoms with Gasteiger partial charge in [-0.2, -0.15) is 5.53 Å². The van der Waals surface area contributed by atoms with Crippen LogP contribution in [0.3, 0.4) is 0 Å². The molecule has 0 spiro atoms. The number of benzene rings is 1. The van der Waals surface area contributed by atoms with Crippen LogP contribution in [-0.4, -0.2) is 20.2 Å². The molecule has 15 heavy (non-hydrogen) atoms. The molecule has 1 rings (SSSR count). The highest BCUT2D eigenvalue weighted by Crippen LogP contribution is 2.30. The van der Waals surface area contributed by atoms with E-state index in [1.54, 1.807) is 7.11 Å². The van der Waals surface area contributed by atoms with Gasteiger partial charge in [-0.1, -0.05) is 0 Å². The number of methoxy groups -OCH3 is 1. The third kappa shape index (κ3) is 2.46. The van der Waals surface area contributed by atoms with Crippen LogP contribution in [0, 0.1) is 0 Å². The molecule has 0 saturated heterocycles. The fourth-order valence-corrected chi connectivity index (χ4v) is 1.56. The first-order chi connectivity index (χ1) is 7.26. The van der Waals surface area contributed by atoms with Crippen molar-refractivity contribution in [3.8, 4) is 5.75 Å². The van der Waals surface area contributed by atoms with Crippen molar-refractivity contribution in [1.29, 1.82) is 0 Å². The fourth-order valence-electron chi connectivity index (χ4n) is 1.56. The first-order valence-electron chi connectivity index (χ1n) is 5.10. The van der Waals surface area contributed by atoms with E-state index in [2.05, 4.69) is 23.9 Å². The van der Waals surface area contributed by atoms with E-state index in [9.17, 15) is 0 Å². The standard InChI is InChI=1S/C11H17N3O/c1-4-14(5-2)9-6-7-10(13-12)11(8-9)15-3/h6-8,12H,4-5H2,1-3H3/p+1. The Balaban J connectivity index is 3.06. The van der Waals surface area contributed by atoms with Gasteiger partial charge in [0.1, 0.15) is 0 Å². The van der Waals surface area contributed by atoms with Crippen molar-refractivity contribution < 1.29 is 10.3 Å². The van der Waals surface area contributed by atoms with Crippen LogP contribution >= 0.6 is 0 Å². The fraction of sp³-hybridized carbons (Fsp3) is 0.455. The summed E-state index contributed by atoms with van der Waals surface area (Å²) in [4.78, 5) is 2.24. The molecule has 0 unspecified atom stereocenters. The van der Waals surface area contributed by atoms with Crippen molar-refractivity contribution in [3.05, 3.63) is 18.2 Å². The van der Waals surface area contributed by atoms with Gasteiger partial charge in [0.25, 0.3) is 0 Å². The molecule has 4 nitrogen and oxygen atoms in total. The average Bonchev–Trinajstić information content (AvgIpc) is 2.30. The number of hydrogen-bond acceptors (Lipinski definition) is 3. The highest BCUT2D eigenvalue weighted by atomic mass is 16.5. The summed E-state index contributed by atoms with van der Waals surface area (Å²) in [6, 6.07) is 5.83. The summed E-state index contributed by atoms with van der Waals surface area (Å²) >= 11 is 0. The number of ether oxygens (including phenoxy) is 1. The van der Waals surface area contributed by atoms with E-state index in [4.69, 9.17) is 10.3 Å². The molecule has 1 aromatic rings. The maximum absolute atomic E-state index is 5.25. The summed E-state index contributed by atoms with van der Waals surface area (Å²) in [6.07, 6.45) is 0. The molecule has 0 aromatic heterocycles. The Labute approximate surface area is 90.4 Å². The van der Waals surface area contributed by atoms with Gasteiger partial charge >= 0.3 is 0 Å². The maximum Gasteiger partial charge on any atom is 0.171 e. The minimum atomic E-state index is 0.674. The molecule has 0 saturated carbocycles. The van der Waals surface area contributed by atoms with Crippen molar-refractivity contribution >= 4 is 11.4 Å². The zero-order chi connectivity index (χ0) is 11.3. The summed E-state index contributed by atoms with van der Waals surface area (Å²) in [5.41, 5.74) is 7.05. The number of hydrogen-bond donors (Lipinski definition) is 1. The van der Waals surface area contributed by atoms with Crippen LogP contribution < -0.4 is 15.2 Å². The van der Waals surface area contributed by atoms with Crippen LogP contribution in [0.2, 0.25) is 0 Å². The van der Waals surface area contributed by atoms with Crippen molar-refractivity contribution in [2.45, 2.75) is 13.8 Å². The lowest BCUT2D eigenvalue weighted by Gasteiger charge is -2.21. The molecular weight excluding hydrogens is 190 g/mol. The van der Waals surface area contributed by atoms with Gasteiger partial charge in [-0.05, 0) is 31.1 Å². The summed E-state index contributed by atoms with van der Waals surface area (Å²) in [5, 5.41) is 3.65. The van der Waals surface area contributed by atoms with Gasteiger partial charge in [0.2, 0.25) is 0 Å². The molecule has 1 aromatic carbocycles. The molecule has 0 bridgehead atoms. The highest BCUT2D eigenvalue weighted by molar-refractivity contribution is 5.61. The molecular formula is C11H18N3O+. The first kappa shape index (κ1) is 11.5. The summed E-state index contributed by atoms with van der Waals surface area (Å²) in [5.74, 6) is 0.710. The lowest BCUT2D eigenvalue weighted by Crippen LogP contribution is -2.23. The Morgan fingerprint density at radius 3 is 2.47 bits per heavy atom. The van der Waals surface area contributed by atoms with E-state index in [1.165, 1.54) is 0 Å². The van der Waals surface area contributed by atoms with Crippen LogP contribution in [0.1, 0.15) is 13.8 Å². The molecule has 2 N–H and O–H groups in total. The van der Waals surface area contributed by atoms with Crippen LogP contribution in [0.4, 0.5) is 11.4 Å².